The quantitative estimate of drug-likeness (QED) is 0.904. The first-order valence-electron chi connectivity index (χ1n) is 7.70. The molecule has 2 aromatic rings. The Morgan fingerprint density at radius 3 is 3.14 bits per heavy atom. The summed E-state index contributed by atoms with van der Waals surface area (Å²) in [5, 5.41) is 3.71. The molecule has 0 spiro atoms. The van der Waals surface area contributed by atoms with Gasteiger partial charge >= 0.3 is 0 Å². The molecule has 1 N–H and O–H groups in total. The van der Waals surface area contributed by atoms with Crippen LogP contribution in [-0.4, -0.2) is 40.0 Å². The average Bonchev–Trinajstić information content (AvgIpc) is 2.95. The van der Waals surface area contributed by atoms with Gasteiger partial charge in [0.05, 0.1) is 11.2 Å². The molecule has 0 amide bonds. The van der Waals surface area contributed by atoms with Crippen molar-refractivity contribution in [3.63, 3.8) is 0 Å². The van der Waals surface area contributed by atoms with E-state index in [9.17, 15) is 0 Å². The zero-order chi connectivity index (χ0) is 14.2. The van der Waals surface area contributed by atoms with E-state index in [1.807, 2.05) is 24.5 Å². The molecule has 0 bridgehead atoms. The summed E-state index contributed by atoms with van der Waals surface area (Å²) in [5.41, 5.74) is 3.02. The van der Waals surface area contributed by atoms with Crippen molar-refractivity contribution in [1.29, 1.82) is 0 Å². The molecular formula is C16H19BrN4. The highest BCUT2D eigenvalue weighted by atomic mass is 79.9. The molecule has 2 aromatic heterocycles. The predicted molar refractivity (Wildman–Crippen MR) is 88.5 cm³/mol. The van der Waals surface area contributed by atoms with E-state index in [-0.39, 0.29) is 0 Å². The maximum absolute atomic E-state index is 4.53. The summed E-state index contributed by atoms with van der Waals surface area (Å²) in [6, 6.07) is 5.41. The van der Waals surface area contributed by atoms with Crippen LogP contribution in [0.3, 0.4) is 0 Å². The molecule has 5 heteroatoms. The first-order valence-corrected chi connectivity index (χ1v) is 8.50. The van der Waals surface area contributed by atoms with Gasteiger partial charge in [-0.1, -0.05) is 0 Å². The van der Waals surface area contributed by atoms with Gasteiger partial charge in [0, 0.05) is 35.5 Å². The van der Waals surface area contributed by atoms with E-state index >= 15 is 0 Å². The van der Waals surface area contributed by atoms with Crippen LogP contribution in [0.25, 0.3) is 11.0 Å². The third-order valence-corrected chi connectivity index (χ3v) is 5.16. The minimum absolute atomic E-state index is 0.556. The van der Waals surface area contributed by atoms with Crippen LogP contribution < -0.4 is 5.32 Å². The Morgan fingerprint density at radius 1 is 1.24 bits per heavy atom. The second-order valence-corrected chi connectivity index (χ2v) is 6.99. The topological polar surface area (TPSA) is 41.1 Å². The van der Waals surface area contributed by atoms with E-state index in [4.69, 9.17) is 0 Å². The number of hydrogen-bond donors (Lipinski definition) is 1. The molecule has 2 saturated heterocycles. The molecule has 2 unspecified atom stereocenters. The third-order valence-electron chi connectivity index (χ3n) is 4.72. The lowest BCUT2D eigenvalue weighted by molar-refractivity contribution is 0.188. The molecule has 2 aliphatic rings. The van der Waals surface area contributed by atoms with E-state index in [0.29, 0.717) is 6.04 Å². The van der Waals surface area contributed by atoms with Crippen molar-refractivity contribution in [2.75, 3.05) is 18.4 Å². The molecular weight excluding hydrogens is 328 g/mol. The van der Waals surface area contributed by atoms with Gasteiger partial charge in [0.25, 0.3) is 0 Å². The highest BCUT2D eigenvalue weighted by Crippen LogP contribution is 2.30. The van der Waals surface area contributed by atoms with Gasteiger partial charge in [-0.2, -0.15) is 0 Å². The summed E-state index contributed by atoms with van der Waals surface area (Å²) in [5.74, 6) is 0. The fraction of sp³-hybridized carbons (Fsp3) is 0.500. The van der Waals surface area contributed by atoms with Crippen LogP contribution in [0.2, 0.25) is 0 Å². The molecule has 4 nitrogen and oxygen atoms in total. The molecule has 110 valence electrons. The van der Waals surface area contributed by atoms with Crippen molar-refractivity contribution < 1.29 is 0 Å². The van der Waals surface area contributed by atoms with E-state index in [1.54, 1.807) is 0 Å². The molecule has 0 radical (unpaired) electrons. The number of nitrogens with one attached hydrogen (secondary N) is 1. The highest BCUT2D eigenvalue weighted by Gasteiger charge is 2.31. The Balaban J connectivity index is 1.57. The zero-order valence-electron chi connectivity index (χ0n) is 11.9. The number of piperidine rings is 1. The van der Waals surface area contributed by atoms with Crippen LogP contribution in [0.5, 0.6) is 0 Å². The van der Waals surface area contributed by atoms with Crippen molar-refractivity contribution in [2.45, 2.75) is 37.8 Å². The molecule has 21 heavy (non-hydrogen) atoms. The Morgan fingerprint density at radius 2 is 2.19 bits per heavy atom. The van der Waals surface area contributed by atoms with Crippen molar-refractivity contribution in [2.24, 2.45) is 0 Å². The SMILES string of the molecule is Brc1cnc2c(NC3CCN4CCCC4C3)ccnc2c1. The smallest absolute Gasteiger partial charge is 0.112 e. The number of rotatable bonds is 2. The number of nitrogens with zero attached hydrogens (tertiary/aromatic N) is 3. The Kier molecular flexibility index (Phi) is 3.55. The lowest BCUT2D eigenvalue weighted by Crippen LogP contribution is -2.42. The highest BCUT2D eigenvalue weighted by molar-refractivity contribution is 9.10. The van der Waals surface area contributed by atoms with Crippen LogP contribution in [0.1, 0.15) is 25.7 Å². The Labute approximate surface area is 133 Å². The normalized spacial score (nSPS) is 26.0. The summed E-state index contributed by atoms with van der Waals surface area (Å²) in [6.07, 6.45) is 8.90. The average molecular weight is 347 g/mol. The minimum Gasteiger partial charge on any atom is -0.380 e. The second-order valence-electron chi connectivity index (χ2n) is 6.08. The molecule has 2 atom stereocenters. The Hall–Kier alpha value is -1.20. The molecule has 2 aliphatic heterocycles. The summed E-state index contributed by atoms with van der Waals surface area (Å²) in [6.45, 7) is 2.52. The largest absolute Gasteiger partial charge is 0.380 e. The fourth-order valence-corrected chi connectivity index (χ4v) is 4.02. The van der Waals surface area contributed by atoms with Crippen molar-refractivity contribution in [3.8, 4) is 0 Å². The van der Waals surface area contributed by atoms with E-state index in [0.717, 1.165) is 27.2 Å². The number of anilines is 1. The van der Waals surface area contributed by atoms with Gasteiger partial charge in [-0.25, -0.2) is 0 Å². The van der Waals surface area contributed by atoms with Gasteiger partial charge in [0.15, 0.2) is 0 Å². The number of hydrogen-bond acceptors (Lipinski definition) is 4. The molecule has 0 aromatic carbocycles. The van der Waals surface area contributed by atoms with Gasteiger partial charge in [0.2, 0.25) is 0 Å². The maximum atomic E-state index is 4.53. The molecule has 4 rings (SSSR count). The lowest BCUT2D eigenvalue weighted by Gasteiger charge is -2.35. The van der Waals surface area contributed by atoms with Crippen LogP contribution in [0, 0.1) is 0 Å². The zero-order valence-corrected chi connectivity index (χ0v) is 13.5. The minimum atomic E-state index is 0.556. The van der Waals surface area contributed by atoms with E-state index in [1.165, 1.54) is 38.8 Å². The van der Waals surface area contributed by atoms with E-state index in [2.05, 4.69) is 36.1 Å². The van der Waals surface area contributed by atoms with E-state index < -0.39 is 0 Å². The van der Waals surface area contributed by atoms with Gasteiger partial charge in [-0.05, 0) is 60.3 Å². The van der Waals surface area contributed by atoms with Crippen LogP contribution in [-0.2, 0) is 0 Å². The van der Waals surface area contributed by atoms with Crippen LogP contribution >= 0.6 is 15.9 Å². The predicted octanol–water partition coefficient (Wildman–Crippen LogP) is 3.43. The van der Waals surface area contributed by atoms with Gasteiger partial charge in [-0.3, -0.25) is 9.97 Å². The molecule has 2 fully saturated rings. The molecule has 4 heterocycles. The van der Waals surface area contributed by atoms with Crippen LogP contribution in [0.15, 0.2) is 29.0 Å². The van der Waals surface area contributed by atoms with Gasteiger partial charge < -0.3 is 10.2 Å². The fourth-order valence-electron chi connectivity index (χ4n) is 3.70. The Bertz CT molecular complexity index is 660. The maximum Gasteiger partial charge on any atom is 0.112 e. The van der Waals surface area contributed by atoms with Crippen molar-refractivity contribution >= 4 is 32.7 Å². The number of fused-ring (bicyclic) bond motifs is 2. The second kappa shape index (κ2) is 5.54. The standard InChI is InChI=1S/C16H19BrN4/c17-11-8-15-16(19-10-11)14(3-5-18-15)20-12-4-7-21-6-1-2-13(21)9-12/h3,5,8,10,12-13H,1-2,4,6-7,9H2,(H,18,20). The first-order chi connectivity index (χ1) is 10.3. The van der Waals surface area contributed by atoms with Crippen molar-refractivity contribution in [1.82, 2.24) is 14.9 Å². The monoisotopic (exact) mass is 346 g/mol. The lowest BCUT2D eigenvalue weighted by atomic mass is 9.97. The van der Waals surface area contributed by atoms with Gasteiger partial charge in [0.1, 0.15) is 5.52 Å². The summed E-state index contributed by atoms with van der Waals surface area (Å²) in [4.78, 5) is 11.6. The van der Waals surface area contributed by atoms with Gasteiger partial charge in [-0.15, -0.1) is 0 Å². The summed E-state index contributed by atoms with van der Waals surface area (Å²) in [7, 11) is 0. The summed E-state index contributed by atoms with van der Waals surface area (Å²) < 4.78 is 0.971. The molecule has 0 aliphatic carbocycles. The van der Waals surface area contributed by atoms with Crippen molar-refractivity contribution in [3.05, 3.63) is 29.0 Å². The number of halogens is 1. The molecule has 0 saturated carbocycles. The summed E-state index contributed by atoms with van der Waals surface area (Å²) >= 11 is 3.46. The van der Waals surface area contributed by atoms with Crippen LogP contribution in [0.4, 0.5) is 5.69 Å². The third kappa shape index (κ3) is 2.64. The number of aromatic nitrogens is 2. The first kappa shape index (κ1) is 13.5. The number of pyridine rings is 2.